The number of nitrogen functional groups attached to an aromatic ring is 1. The number of pyridine rings is 1. The fraction of sp³-hybridized carbons (Fsp3) is 0.160. The maximum atomic E-state index is 13.6. The molecule has 3 aromatic heterocycles. The Morgan fingerprint density at radius 1 is 1.09 bits per heavy atom. The number of hydrogen-bond donors (Lipinski definition) is 2. The van der Waals surface area contributed by atoms with E-state index in [-0.39, 0.29) is 23.8 Å². The van der Waals surface area contributed by atoms with Crippen molar-refractivity contribution in [3.8, 4) is 11.1 Å². The number of nitrogens with two attached hydrogens (primary N) is 1. The van der Waals surface area contributed by atoms with Crippen molar-refractivity contribution in [3.63, 3.8) is 0 Å². The summed E-state index contributed by atoms with van der Waals surface area (Å²) in [6.45, 7) is 0. The van der Waals surface area contributed by atoms with Gasteiger partial charge in [0.15, 0.2) is 17.3 Å². The Bertz CT molecular complexity index is 1600. The molecule has 0 aliphatic heterocycles. The molecule has 1 saturated carbocycles. The maximum Gasteiger partial charge on any atom is 0.253 e. The number of benzene rings is 2. The van der Waals surface area contributed by atoms with E-state index in [9.17, 15) is 13.6 Å². The van der Waals surface area contributed by atoms with E-state index in [4.69, 9.17) is 5.73 Å². The van der Waals surface area contributed by atoms with Gasteiger partial charge >= 0.3 is 0 Å². The normalized spacial score (nSPS) is 17.4. The minimum atomic E-state index is -0.872. The van der Waals surface area contributed by atoms with Gasteiger partial charge in [-0.1, -0.05) is 12.1 Å². The first kappa shape index (κ1) is 20.3. The molecule has 5 aromatic rings. The number of aromatic nitrogens is 4. The van der Waals surface area contributed by atoms with Crippen molar-refractivity contribution < 1.29 is 13.6 Å². The molecule has 7 nitrogen and oxygen atoms in total. The monoisotopic (exact) mass is 458 g/mol. The first-order chi connectivity index (χ1) is 16.4. The number of anilines is 1. The molecule has 2 aromatic carbocycles. The topological polar surface area (TPSA) is 90.2 Å². The highest BCUT2D eigenvalue weighted by Gasteiger charge is 2.40. The number of carbonyl (C=O) groups is 1. The molecular formula is C25H20F2N6O. The zero-order valence-electron chi connectivity index (χ0n) is 18.2. The van der Waals surface area contributed by atoms with E-state index >= 15 is 0 Å². The Morgan fingerprint density at radius 3 is 2.74 bits per heavy atom. The van der Waals surface area contributed by atoms with Gasteiger partial charge in [-0.15, -0.1) is 5.10 Å². The molecular weight excluding hydrogens is 438 g/mol. The van der Waals surface area contributed by atoms with Crippen LogP contribution in [0.4, 0.5) is 14.7 Å². The predicted octanol–water partition coefficient (Wildman–Crippen LogP) is 4.03. The molecule has 0 bridgehead atoms. The number of nitrogens with zero attached hydrogens (tertiary/aromatic N) is 4. The van der Waals surface area contributed by atoms with Crippen LogP contribution in [0, 0.1) is 11.6 Å². The highest BCUT2D eigenvalue weighted by atomic mass is 19.2. The predicted molar refractivity (Wildman–Crippen MR) is 124 cm³/mol. The second-order valence-electron chi connectivity index (χ2n) is 8.67. The van der Waals surface area contributed by atoms with Gasteiger partial charge < -0.3 is 15.6 Å². The van der Waals surface area contributed by atoms with E-state index in [0.717, 1.165) is 28.1 Å². The summed E-state index contributed by atoms with van der Waals surface area (Å²) >= 11 is 0. The standard InChI is InChI=1S/C25H20F2N6O/c1-32-12-18(24(34)29-21-11-16(21)15-2-4-19(26)20(27)9-15)17-8-13(3-5-22(17)32)14-6-7-33-23(10-14)30-25(28)31-33/h2-10,12,16,21H,11H2,1H3,(H2,28,31)(H,29,34)/t16-,21+/m0/s1. The van der Waals surface area contributed by atoms with Crippen LogP contribution in [0.2, 0.25) is 0 Å². The average Bonchev–Trinajstić information content (AvgIpc) is 3.35. The van der Waals surface area contributed by atoms with E-state index in [1.54, 1.807) is 23.0 Å². The quantitative estimate of drug-likeness (QED) is 0.426. The van der Waals surface area contributed by atoms with E-state index in [1.807, 2.05) is 41.9 Å². The van der Waals surface area contributed by atoms with Crippen molar-refractivity contribution >= 4 is 28.4 Å². The summed E-state index contributed by atoms with van der Waals surface area (Å²) in [6.07, 6.45) is 4.29. The van der Waals surface area contributed by atoms with Crippen LogP contribution in [0.3, 0.4) is 0 Å². The zero-order chi connectivity index (χ0) is 23.6. The zero-order valence-corrected chi connectivity index (χ0v) is 18.2. The highest BCUT2D eigenvalue weighted by Crippen LogP contribution is 2.41. The van der Waals surface area contributed by atoms with Gasteiger partial charge in [0.2, 0.25) is 5.95 Å². The molecule has 6 rings (SSSR count). The molecule has 3 N–H and O–H groups in total. The Hall–Kier alpha value is -4.27. The molecule has 2 atom stereocenters. The largest absolute Gasteiger partial charge is 0.366 e. The SMILES string of the molecule is Cn1cc(C(=O)N[C@@H]2C[C@H]2c2ccc(F)c(F)c2)c2cc(-c3ccn4nc(N)nc4c3)ccc21. The molecule has 0 radical (unpaired) electrons. The molecule has 1 aliphatic carbocycles. The summed E-state index contributed by atoms with van der Waals surface area (Å²) < 4.78 is 30.3. The molecule has 3 heterocycles. The van der Waals surface area contributed by atoms with E-state index in [2.05, 4.69) is 15.4 Å². The second kappa shape index (κ2) is 7.38. The van der Waals surface area contributed by atoms with Crippen LogP contribution in [-0.4, -0.2) is 31.1 Å². The van der Waals surface area contributed by atoms with Gasteiger partial charge in [-0.05, 0) is 59.5 Å². The lowest BCUT2D eigenvalue weighted by atomic mass is 10.0. The number of amides is 1. The first-order valence-corrected chi connectivity index (χ1v) is 10.8. The van der Waals surface area contributed by atoms with Crippen molar-refractivity contribution in [3.05, 3.63) is 83.7 Å². The van der Waals surface area contributed by atoms with E-state index in [0.29, 0.717) is 23.2 Å². The summed E-state index contributed by atoms with van der Waals surface area (Å²) in [7, 11) is 1.89. The molecule has 0 saturated heterocycles. The van der Waals surface area contributed by atoms with Crippen LogP contribution in [-0.2, 0) is 7.05 Å². The Morgan fingerprint density at radius 2 is 1.91 bits per heavy atom. The van der Waals surface area contributed by atoms with Gasteiger partial charge in [0, 0.05) is 42.3 Å². The number of aryl methyl sites for hydroxylation is 1. The van der Waals surface area contributed by atoms with Crippen LogP contribution in [0.15, 0.2) is 60.9 Å². The third kappa shape index (κ3) is 3.37. The van der Waals surface area contributed by atoms with Crippen LogP contribution in [0.1, 0.15) is 28.3 Å². The first-order valence-electron chi connectivity index (χ1n) is 10.8. The van der Waals surface area contributed by atoms with Crippen molar-refractivity contribution in [2.45, 2.75) is 18.4 Å². The van der Waals surface area contributed by atoms with Crippen molar-refractivity contribution in [2.24, 2.45) is 7.05 Å². The second-order valence-corrected chi connectivity index (χ2v) is 8.67. The molecule has 1 fully saturated rings. The summed E-state index contributed by atoms with van der Waals surface area (Å²) in [5.74, 6) is -1.76. The Balaban J connectivity index is 1.29. The van der Waals surface area contributed by atoms with Gasteiger partial charge in [-0.25, -0.2) is 13.3 Å². The van der Waals surface area contributed by atoms with Crippen molar-refractivity contribution in [1.29, 1.82) is 0 Å². The average molecular weight is 458 g/mol. The number of carbonyl (C=O) groups excluding carboxylic acids is 1. The number of nitrogens with one attached hydrogen (secondary N) is 1. The van der Waals surface area contributed by atoms with Gasteiger partial charge in [0.1, 0.15) is 0 Å². The number of fused-ring (bicyclic) bond motifs is 2. The summed E-state index contributed by atoms with van der Waals surface area (Å²) in [4.78, 5) is 17.4. The molecule has 1 amide bonds. The fourth-order valence-corrected chi connectivity index (χ4v) is 4.54. The summed E-state index contributed by atoms with van der Waals surface area (Å²) in [5.41, 5.74) is 10.4. The lowest BCUT2D eigenvalue weighted by Crippen LogP contribution is -2.26. The van der Waals surface area contributed by atoms with Gasteiger partial charge in [-0.2, -0.15) is 4.98 Å². The fourth-order valence-electron chi connectivity index (χ4n) is 4.54. The summed E-state index contributed by atoms with van der Waals surface area (Å²) in [5, 5.41) is 7.96. The molecule has 170 valence electrons. The minimum Gasteiger partial charge on any atom is -0.366 e. The lowest BCUT2D eigenvalue weighted by Gasteiger charge is -2.06. The summed E-state index contributed by atoms with van der Waals surface area (Å²) in [6, 6.07) is 13.5. The highest BCUT2D eigenvalue weighted by molar-refractivity contribution is 6.08. The molecule has 0 spiro atoms. The lowest BCUT2D eigenvalue weighted by molar-refractivity contribution is 0.0952. The molecule has 9 heteroatoms. The Labute approximate surface area is 192 Å². The maximum absolute atomic E-state index is 13.6. The number of rotatable bonds is 4. The molecule has 34 heavy (non-hydrogen) atoms. The van der Waals surface area contributed by atoms with Crippen LogP contribution in [0.25, 0.3) is 27.7 Å². The molecule has 1 aliphatic rings. The molecule has 0 unspecified atom stereocenters. The van der Waals surface area contributed by atoms with Crippen LogP contribution >= 0.6 is 0 Å². The van der Waals surface area contributed by atoms with Crippen LogP contribution < -0.4 is 11.1 Å². The van der Waals surface area contributed by atoms with Gasteiger partial charge in [0.25, 0.3) is 5.91 Å². The minimum absolute atomic E-state index is 0.0214. The van der Waals surface area contributed by atoms with E-state index < -0.39 is 11.6 Å². The van der Waals surface area contributed by atoms with Gasteiger partial charge in [0.05, 0.1) is 5.56 Å². The number of hydrogen-bond acceptors (Lipinski definition) is 4. The smallest absolute Gasteiger partial charge is 0.253 e. The number of halogens is 2. The van der Waals surface area contributed by atoms with Gasteiger partial charge in [-0.3, -0.25) is 4.79 Å². The third-order valence-electron chi connectivity index (χ3n) is 6.40. The van der Waals surface area contributed by atoms with Crippen molar-refractivity contribution in [2.75, 3.05) is 5.73 Å². The van der Waals surface area contributed by atoms with Crippen LogP contribution in [0.5, 0.6) is 0 Å². The third-order valence-corrected chi connectivity index (χ3v) is 6.40. The van der Waals surface area contributed by atoms with Crippen molar-refractivity contribution in [1.82, 2.24) is 24.5 Å². The Kier molecular flexibility index (Phi) is 4.41. The van der Waals surface area contributed by atoms with E-state index in [1.165, 1.54) is 6.07 Å².